The van der Waals surface area contributed by atoms with Crippen LogP contribution in [0.4, 0.5) is 10.5 Å². The van der Waals surface area contributed by atoms with Crippen molar-refractivity contribution in [3.05, 3.63) is 67.3 Å². The number of benzene rings is 2. The minimum absolute atomic E-state index is 0.181. The third kappa shape index (κ3) is 6.72. The standard InChI is InChI=1S/C22H27N3O2/c1-3-18(23)16-24-15-14-19(4-2)27-22(26)25-21-13-9-8-12-20(21)17-10-6-5-7-11-17/h3,5-13,19,23-24H,1,4,14-16H2,2H3,(H,25,26). The van der Waals surface area contributed by atoms with E-state index >= 15 is 0 Å². The predicted octanol–water partition coefficient (Wildman–Crippen LogP) is 4.87. The average Bonchev–Trinajstić information content (AvgIpc) is 2.71. The molecule has 0 saturated heterocycles. The zero-order chi connectivity index (χ0) is 19.5. The summed E-state index contributed by atoms with van der Waals surface area (Å²) in [5.41, 5.74) is 3.15. The number of carbonyl (C=O) groups excluding carboxylic acids is 1. The molecule has 0 aliphatic heterocycles. The summed E-state index contributed by atoms with van der Waals surface area (Å²) < 4.78 is 5.56. The van der Waals surface area contributed by atoms with Gasteiger partial charge < -0.3 is 15.5 Å². The van der Waals surface area contributed by atoms with Gasteiger partial charge >= 0.3 is 6.09 Å². The van der Waals surface area contributed by atoms with Crippen molar-refractivity contribution in [3.8, 4) is 11.1 Å². The molecule has 0 spiro atoms. The van der Waals surface area contributed by atoms with Crippen molar-refractivity contribution in [1.82, 2.24) is 5.32 Å². The molecule has 0 saturated carbocycles. The molecular weight excluding hydrogens is 338 g/mol. The van der Waals surface area contributed by atoms with E-state index in [9.17, 15) is 4.79 Å². The van der Waals surface area contributed by atoms with Crippen LogP contribution in [0.2, 0.25) is 0 Å². The highest BCUT2D eigenvalue weighted by Crippen LogP contribution is 2.27. The number of amides is 1. The predicted molar refractivity (Wildman–Crippen MR) is 111 cm³/mol. The van der Waals surface area contributed by atoms with E-state index < -0.39 is 6.09 Å². The van der Waals surface area contributed by atoms with Gasteiger partial charge in [-0.2, -0.15) is 0 Å². The molecule has 0 aliphatic carbocycles. The molecule has 0 radical (unpaired) electrons. The van der Waals surface area contributed by atoms with Crippen molar-refractivity contribution in [2.45, 2.75) is 25.9 Å². The molecule has 1 unspecified atom stereocenters. The lowest BCUT2D eigenvalue weighted by Crippen LogP contribution is -2.28. The van der Waals surface area contributed by atoms with E-state index in [1.54, 1.807) is 0 Å². The van der Waals surface area contributed by atoms with Crippen LogP contribution >= 0.6 is 0 Å². The molecule has 27 heavy (non-hydrogen) atoms. The number of rotatable bonds is 10. The Hall–Kier alpha value is -2.92. The van der Waals surface area contributed by atoms with Crippen molar-refractivity contribution >= 4 is 17.5 Å². The summed E-state index contributed by atoms with van der Waals surface area (Å²) >= 11 is 0. The summed E-state index contributed by atoms with van der Waals surface area (Å²) in [4.78, 5) is 12.4. The van der Waals surface area contributed by atoms with Crippen LogP contribution in [0, 0.1) is 5.41 Å². The van der Waals surface area contributed by atoms with Gasteiger partial charge in [0.1, 0.15) is 6.10 Å². The Morgan fingerprint density at radius 1 is 1.19 bits per heavy atom. The molecule has 2 aromatic rings. The van der Waals surface area contributed by atoms with Crippen molar-refractivity contribution < 1.29 is 9.53 Å². The summed E-state index contributed by atoms with van der Waals surface area (Å²) in [5, 5.41) is 13.5. The largest absolute Gasteiger partial charge is 0.446 e. The second-order valence-corrected chi connectivity index (χ2v) is 6.17. The Bertz CT molecular complexity index is 759. The summed E-state index contributed by atoms with van der Waals surface area (Å²) in [7, 11) is 0. The summed E-state index contributed by atoms with van der Waals surface area (Å²) in [5.74, 6) is 0. The molecule has 142 valence electrons. The molecule has 5 heteroatoms. The van der Waals surface area contributed by atoms with Gasteiger partial charge in [0.15, 0.2) is 0 Å². The van der Waals surface area contributed by atoms with Crippen molar-refractivity contribution in [2.75, 3.05) is 18.4 Å². The van der Waals surface area contributed by atoms with Crippen LogP contribution in [0.3, 0.4) is 0 Å². The molecule has 5 nitrogen and oxygen atoms in total. The lowest BCUT2D eigenvalue weighted by Gasteiger charge is -2.18. The van der Waals surface area contributed by atoms with Crippen LogP contribution in [0.15, 0.2) is 67.3 Å². The minimum Gasteiger partial charge on any atom is -0.446 e. The first kappa shape index (κ1) is 20.4. The molecule has 1 atom stereocenters. The molecule has 0 aromatic heterocycles. The smallest absolute Gasteiger partial charge is 0.411 e. The lowest BCUT2D eigenvalue weighted by molar-refractivity contribution is 0.103. The highest BCUT2D eigenvalue weighted by molar-refractivity contribution is 5.93. The molecule has 0 bridgehead atoms. The Balaban J connectivity index is 1.91. The number of ether oxygens (including phenoxy) is 1. The summed E-state index contributed by atoms with van der Waals surface area (Å²) in [6.07, 6.45) is 2.30. The first-order valence-electron chi connectivity index (χ1n) is 9.16. The van der Waals surface area contributed by atoms with Crippen LogP contribution in [0.1, 0.15) is 19.8 Å². The van der Waals surface area contributed by atoms with E-state index in [2.05, 4.69) is 17.2 Å². The van der Waals surface area contributed by atoms with E-state index in [-0.39, 0.29) is 6.10 Å². The fraction of sp³-hybridized carbons (Fsp3) is 0.273. The van der Waals surface area contributed by atoms with Gasteiger partial charge in [-0.05, 0) is 37.1 Å². The third-order valence-electron chi connectivity index (χ3n) is 4.18. The highest BCUT2D eigenvalue weighted by Gasteiger charge is 2.14. The van der Waals surface area contributed by atoms with Crippen molar-refractivity contribution in [2.24, 2.45) is 0 Å². The fourth-order valence-corrected chi connectivity index (χ4v) is 2.66. The second kappa shape index (κ2) is 10.9. The number of carbonyl (C=O) groups is 1. The second-order valence-electron chi connectivity index (χ2n) is 6.17. The molecule has 1 amide bonds. The van der Waals surface area contributed by atoms with Gasteiger partial charge in [-0.15, -0.1) is 0 Å². The lowest BCUT2D eigenvalue weighted by atomic mass is 10.0. The normalized spacial score (nSPS) is 11.4. The van der Waals surface area contributed by atoms with Crippen molar-refractivity contribution in [1.29, 1.82) is 5.41 Å². The van der Waals surface area contributed by atoms with Crippen LogP contribution in [-0.4, -0.2) is 31.0 Å². The van der Waals surface area contributed by atoms with E-state index in [0.29, 0.717) is 25.2 Å². The zero-order valence-electron chi connectivity index (χ0n) is 15.7. The minimum atomic E-state index is -0.455. The van der Waals surface area contributed by atoms with Crippen LogP contribution in [0.25, 0.3) is 11.1 Å². The number of anilines is 1. The number of hydrogen-bond donors (Lipinski definition) is 3. The van der Waals surface area contributed by atoms with Crippen LogP contribution in [-0.2, 0) is 4.74 Å². The van der Waals surface area contributed by atoms with Gasteiger partial charge in [0, 0.05) is 17.8 Å². The maximum atomic E-state index is 12.4. The monoisotopic (exact) mass is 365 g/mol. The zero-order valence-corrected chi connectivity index (χ0v) is 15.7. The number of hydrogen-bond acceptors (Lipinski definition) is 4. The topological polar surface area (TPSA) is 74.2 Å². The number of para-hydroxylation sites is 1. The first-order valence-corrected chi connectivity index (χ1v) is 9.16. The third-order valence-corrected chi connectivity index (χ3v) is 4.18. The van der Waals surface area contributed by atoms with Crippen LogP contribution < -0.4 is 10.6 Å². The Kier molecular flexibility index (Phi) is 8.26. The van der Waals surface area contributed by atoms with Gasteiger partial charge in [-0.1, -0.05) is 62.0 Å². The quantitative estimate of drug-likeness (QED) is 0.415. The Morgan fingerprint density at radius 3 is 2.59 bits per heavy atom. The van der Waals surface area contributed by atoms with Gasteiger partial charge in [-0.3, -0.25) is 5.32 Å². The van der Waals surface area contributed by atoms with Gasteiger partial charge in [0.05, 0.1) is 5.69 Å². The van der Waals surface area contributed by atoms with Gasteiger partial charge in [0.2, 0.25) is 0 Å². The maximum absolute atomic E-state index is 12.4. The molecule has 0 aliphatic rings. The molecule has 0 fully saturated rings. The molecule has 2 aromatic carbocycles. The summed E-state index contributed by atoms with van der Waals surface area (Å²) in [6, 6.07) is 17.6. The molecule has 0 heterocycles. The fourth-order valence-electron chi connectivity index (χ4n) is 2.66. The average molecular weight is 365 g/mol. The molecule has 3 N–H and O–H groups in total. The van der Waals surface area contributed by atoms with Crippen LogP contribution in [0.5, 0.6) is 0 Å². The molecular formula is C22H27N3O2. The molecule has 2 rings (SSSR count). The highest BCUT2D eigenvalue weighted by atomic mass is 16.6. The van der Waals surface area contributed by atoms with Gasteiger partial charge in [-0.25, -0.2) is 4.79 Å². The Labute approximate surface area is 161 Å². The maximum Gasteiger partial charge on any atom is 0.411 e. The van der Waals surface area contributed by atoms with E-state index in [4.69, 9.17) is 10.1 Å². The van der Waals surface area contributed by atoms with Gasteiger partial charge in [0.25, 0.3) is 0 Å². The first-order chi connectivity index (χ1) is 13.1. The van der Waals surface area contributed by atoms with E-state index in [1.807, 2.05) is 61.5 Å². The summed E-state index contributed by atoms with van der Waals surface area (Å²) in [6.45, 7) is 6.68. The SMILES string of the molecule is C=CC(=N)CNCCC(CC)OC(=O)Nc1ccccc1-c1ccccc1. The Morgan fingerprint density at radius 2 is 1.89 bits per heavy atom. The van der Waals surface area contributed by atoms with E-state index in [1.165, 1.54) is 6.08 Å². The van der Waals surface area contributed by atoms with Crippen molar-refractivity contribution in [3.63, 3.8) is 0 Å². The van der Waals surface area contributed by atoms with E-state index in [0.717, 1.165) is 23.2 Å². The number of nitrogens with one attached hydrogen (secondary N) is 3.